The Kier molecular flexibility index (Phi) is 2.41. The number of esters is 1. The van der Waals surface area contributed by atoms with Crippen LogP contribution in [0.4, 0.5) is 0 Å². The van der Waals surface area contributed by atoms with Crippen molar-refractivity contribution in [3.05, 3.63) is 0 Å². The smallest absolute Gasteiger partial charge is 0.338 e. The molecular weight excluding hydrogens is 168 g/mol. The molecule has 1 saturated heterocycles. The van der Waals surface area contributed by atoms with E-state index < -0.39 is 30.4 Å². The average molecular weight is 176 g/mol. The minimum absolute atomic E-state index is 0.124. The molecule has 0 aromatic heterocycles. The van der Waals surface area contributed by atoms with Crippen molar-refractivity contribution >= 4 is 12.3 Å². The Labute approximate surface area is 67.4 Å². The van der Waals surface area contributed by atoms with Gasteiger partial charge >= 0.3 is 5.97 Å². The van der Waals surface area contributed by atoms with Crippen LogP contribution < -0.4 is 0 Å². The summed E-state index contributed by atoms with van der Waals surface area (Å²) in [4.78, 5) is 20.6. The first-order valence-electron chi connectivity index (χ1n) is 3.28. The summed E-state index contributed by atoms with van der Waals surface area (Å²) in [5.41, 5.74) is 0. The number of aldehydes is 1. The lowest BCUT2D eigenvalue weighted by Crippen LogP contribution is -2.39. The summed E-state index contributed by atoms with van der Waals surface area (Å²) < 4.78 is 4.32. The number of rotatable bonds is 2. The molecule has 0 amide bonds. The van der Waals surface area contributed by atoms with Gasteiger partial charge in [0.05, 0.1) is 0 Å². The highest BCUT2D eigenvalue weighted by Crippen LogP contribution is 2.17. The second-order valence-electron chi connectivity index (χ2n) is 2.46. The minimum Gasteiger partial charge on any atom is -0.454 e. The van der Waals surface area contributed by atoms with Crippen molar-refractivity contribution in [3.8, 4) is 0 Å². The number of carbonyl (C=O) groups excluding carboxylic acids is 2. The summed E-state index contributed by atoms with van der Waals surface area (Å²) in [5.74, 6) is -1.03. The Morgan fingerprint density at radius 3 is 2.42 bits per heavy atom. The van der Waals surface area contributed by atoms with Gasteiger partial charge in [0.25, 0.3) is 0 Å². The van der Waals surface area contributed by atoms with Crippen LogP contribution in [0.5, 0.6) is 0 Å². The fourth-order valence-corrected chi connectivity index (χ4v) is 0.942. The molecule has 1 fully saturated rings. The standard InChI is InChI=1S/C6H8O6/c7-1-2(8)5-3(9)4(10)6(11)12-5/h1-5,8-10H/t2?,3-,4-,5+/m0/s1. The first-order chi connectivity index (χ1) is 5.57. The molecule has 1 aliphatic heterocycles. The van der Waals surface area contributed by atoms with Crippen LogP contribution >= 0.6 is 0 Å². The Hall–Kier alpha value is -0.980. The van der Waals surface area contributed by atoms with E-state index in [0.717, 1.165) is 0 Å². The Morgan fingerprint density at radius 1 is 1.50 bits per heavy atom. The van der Waals surface area contributed by atoms with Gasteiger partial charge in [-0.25, -0.2) is 4.79 Å². The molecule has 4 atom stereocenters. The first-order valence-corrected chi connectivity index (χ1v) is 3.28. The predicted molar refractivity (Wildman–Crippen MR) is 34.0 cm³/mol. The summed E-state index contributed by atoms with van der Waals surface area (Å²) in [6.07, 6.45) is -6.05. The van der Waals surface area contributed by atoms with E-state index in [1.54, 1.807) is 0 Å². The van der Waals surface area contributed by atoms with Gasteiger partial charge in [-0.15, -0.1) is 0 Å². The number of aliphatic hydroxyl groups excluding tert-OH is 3. The predicted octanol–water partition coefficient (Wildman–Crippen LogP) is -2.81. The molecule has 0 spiro atoms. The molecule has 0 aromatic carbocycles. The summed E-state index contributed by atoms with van der Waals surface area (Å²) >= 11 is 0. The monoisotopic (exact) mass is 176 g/mol. The summed E-state index contributed by atoms with van der Waals surface area (Å²) in [6, 6.07) is 0. The number of carbonyl (C=O) groups is 2. The number of hydrogen-bond acceptors (Lipinski definition) is 6. The van der Waals surface area contributed by atoms with Gasteiger partial charge in [-0.3, -0.25) is 0 Å². The van der Waals surface area contributed by atoms with Gasteiger partial charge in [-0.05, 0) is 0 Å². The Balaban J connectivity index is 2.70. The van der Waals surface area contributed by atoms with Crippen LogP contribution in [0.3, 0.4) is 0 Å². The quantitative estimate of drug-likeness (QED) is 0.310. The van der Waals surface area contributed by atoms with Gasteiger partial charge in [0.15, 0.2) is 18.5 Å². The summed E-state index contributed by atoms with van der Waals surface area (Å²) in [7, 11) is 0. The molecule has 6 heteroatoms. The zero-order valence-corrected chi connectivity index (χ0v) is 5.95. The van der Waals surface area contributed by atoms with Crippen molar-refractivity contribution in [2.24, 2.45) is 0 Å². The lowest BCUT2D eigenvalue weighted by Gasteiger charge is -2.14. The molecule has 0 saturated carbocycles. The van der Waals surface area contributed by atoms with E-state index in [4.69, 9.17) is 15.3 Å². The Morgan fingerprint density at radius 2 is 2.08 bits per heavy atom. The van der Waals surface area contributed by atoms with E-state index in [1.165, 1.54) is 0 Å². The van der Waals surface area contributed by atoms with Crippen LogP contribution in [0.25, 0.3) is 0 Å². The van der Waals surface area contributed by atoms with Gasteiger partial charge in [-0.2, -0.15) is 0 Å². The minimum atomic E-state index is -1.68. The van der Waals surface area contributed by atoms with Crippen LogP contribution in [-0.2, 0) is 14.3 Å². The van der Waals surface area contributed by atoms with Crippen molar-refractivity contribution in [1.82, 2.24) is 0 Å². The van der Waals surface area contributed by atoms with E-state index in [9.17, 15) is 9.59 Å². The topological polar surface area (TPSA) is 104 Å². The zero-order valence-electron chi connectivity index (χ0n) is 5.95. The number of hydrogen-bond donors (Lipinski definition) is 3. The van der Waals surface area contributed by atoms with Crippen molar-refractivity contribution in [2.75, 3.05) is 0 Å². The molecule has 0 radical (unpaired) electrons. The van der Waals surface area contributed by atoms with Crippen LogP contribution in [0.1, 0.15) is 0 Å². The highest BCUT2D eigenvalue weighted by molar-refractivity contribution is 5.78. The molecule has 6 nitrogen and oxygen atoms in total. The largest absolute Gasteiger partial charge is 0.454 e. The molecule has 1 unspecified atom stereocenters. The SMILES string of the molecule is O=CC(O)[C@H]1OC(=O)[C@@H](O)[C@@H]1O. The molecule has 68 valence electrons. The number of cyclic esters (lactones) is 1. The van der Waals surface area contributed by atoms with Gasteiger partial charge < -0.3 is 24.9 Å². The van der Waals surface area contributed by atoms with Gasteiger partial charge in [0.1, 0.15) is 12.2 Å². The fourth-order valence-electron chi connectivity index (χ4n) is 0.942. The van der Waals surface area contributed by atoms with E-state index >= 15 is 0 Å². The van der Waals surface area contributed by atoms with Crippen molar-refractivity contribution in [3.63, 3.8) is 0 Å². The van der Waals surface area contributed by atoms with Crippen LogP contribution in [0.15, 0.2) is 0 Å². The highest BCUT2D eigenvalue weighted by atomic mass is 16.6. The van der Waals surface area contributed by atoms with Crippen molar-refractivity contribution in [1.29, 1.82) is 0 Å². The number of ether oxygens (including phenoxy) is 1. The fraction of sp³-hybridized carbons (Fsp3) is 0.667. The maximum Gasteiger partial charge on any atom is 0.338 e. The molecule has 0 aromatic rings. The maximum absolute atomic E-state index is 10.6. The van der Waals surface area contributed by atoms with E-state index in [-0.39, 0.29) is 6.29 Å². The van der Waals surface area contributed by atoms with E-state index in [2.05, 4.69) is 4.74 Å². The first kappa shape index (κ1) is 9.11. The van der Waals surface area contributed by atoms with Crippen molar-refractivity contribution < 1.29 is 29.6 Å². The van der Waals surface area contributed by atoms with Gasteiger partial charge in [0, 0.05) is 0 Å². The third-order valence-corrected chi connectivity index (χ3v) is 1.63. The average Bonchev–Trinajstić information content (AvgIpc) is 2.32. The van der Waals surface area contributed by atoms with Gasteiger partial charge in [0.2, 0.25) is 0 Å². The molecule has 1 heterocycles. The lowest BCUT2D eigenvalue weighted by atomic mass is 10.1. The highest BCUT2D eigenvalue weighted by Gasteiger charge is 2.46. The number of aliphatic hydroxyl groups is 3. The summed E-state index contributed by atoms with van der Waals surface area (Å²) in [5, 5.41) is 26.7. The van der Waals surface area contributed by atoms with Crippen LogP contribution in [0.2, 0.25) is 0 Å². The third-order valence-electron chi connectivity index (χ3n) is 1.63. The molecule has 0 bridgehead atoms. The second kappa shape index (κ2) is 3.18. The normalized spacial score (nSPS) is 37.6. The van der Waals surface area contributed by atoms with E-state index in [1.807, 2.05) is 0 Å². The van der Waals surface area contributed by atoms with Crippen LogP contribution in [0, 0.1) is 0 Å². The van der Waals surface area contributed by atoms with Crippen LogP contribution in [-0.4, -0.2) is 52.0 Å². The molecule has 0 aliphatic carbocycles. The van der Waals surface area contributed by atoms with E-state index in [0.29, 0.717) is 0 Å². The molecule has 1 aliphatic rings. The summed E-state index contributed by atoms with van der Waals surface area (Å²) in [6.45, 7) is 0. The zero-order chi connectivity index (χ0) is 9.30. The third kappa shape index (κ3) is 1.31. The molecule has 3 N–H and O–H groups in total. The maximum atomic E-state index is 10.6. The molecular formula is C6H8O6. The molecule has 1 rings (SSSR count). The lowest BCUT2D eigenvalue weighted by molar-refractivity contribution is -0.151. The molecule has 12 heavy (non-hydrogen) atoms. The van der Waals surface area contributed by atoms with Crippen molar-refractivity contribution in [2.45, 2.75) is 24.4 Å². The second-order valence-corrected chi connectivity index (χ2v) is 2.46. The Bertz CT molecular complexity index is 202. The van der Waals surface area contributed by atoms with Gasteiger partial charge in [-0.1, -0.05) is 0 Å².